The Balaban J connectivity index is 1.03. The Bertz CT molecular complexity index is 2530. The highest BCUT2D eigenvalue weighted by atomic mass is 16.5. The first-order valence-electron chi connectivity index (χ1n) is 17.9. The Labute approximate surface area is 308 Å². The Morgan fingerprint density at radius 3 is 1.47 bits per heavy atom. The van der Waals surface area contributed by atoms with Crippen molar-refractivity contribution in [1.29, 1.82) is 0 Å². The van der Waals surface area contributed by atoms with Gasteiger partial charge in [-0.15, -0.1) is 5.10 Å². The van der Waals surface area contributed by atoms with Gasteiger partial charge in [0.1, 0.15) is 0 Å². The first-order valence-corrected chi connectivity index (χ1v) is 17.9. The number of nitrogens with zero attached hydrogens (tertiary/aromatic N) is 5. The van der Waals surface area contributed by atoms with Crippen LogP contribution < -0.4 is 14.5 Å². The zero-order valence-electron chi connectivity index (χ0n) is 29.4. The Hall–Kier alpha value is -6.92. The lowest BCUT2D eigenvalue weighted by atomic mass is 9.73. The Morgan fingerprint density at radius 2 is 0.887 bits per heavy atom. The van der Waals surface area contributed by atoms with Gasteiger partial charge in [-0.1, -0.05) is 105 Å². The summed E-state index contributed by atoms with van der Waals surface area (Å²) in [6.07, 6.45) is 0. The van der Waals surface area contributed by atoms with Gasteiger partial charge in [0.2, 0.25) is 0 Å². The number of aromatic nitrogens is 3. The molecular weight excluding hydrogens is 651 g/mol. The minimum absolute atomic E-state index is 0.108. The molecule has 6 heteroatoms. The van der Waals surface area contributed by atoms with Crippen LogP contribution in [0.5, 0.6) is 11.5 Å². The summed E-state index contributed by atoms with van der Waals surface area (Å²) >= 11 is 0. The maximum absolute atomic E-state index is 6.25. The Morgan fingerprint density at radius 1 is 0.434 bits per heavy atom. The van der Waals surface area contributed by atoms with Crippen molar-refractivity contribution in [1.82, 2.24) is 14.8 Å². The van der Waals surface area contributed by atoms with Gasteiger partial charge in [0.05, 0.1) is 28.4 Å². The molecule has 0 saturated carbocycles. The highest BCUT2D eigenvalue weighted by Crippen LogP contribution is 2.52. The molecule has 0 radical (unpaired) electrons. The van der Waals surface area contributed by atoms with Crippen LogP contribution in [-0.2, 0) is 5.41 Å². The van der Waals surface area contributed by atoms with E-state index < -0.39 is 0 Å². The second kappa shape index (κ2) is 12.1. The lowest BCUT2D eigenvalue weighted by Gasteiger charge is -2.42. The van der Waals surface area contributed by atoms with Crippen LogP contribution in [-0.4, -0.2) is 14.8 Å². The van der Waals surface area contributed by atoms with Crippen molar-refractivity contribution >= 4 is 34.1 Å². The van der Waals surface area contributed by atoms with E-state index in [0.717, 1.165) is 56.9 Å². The van der Waals surface area contributed by atoms with Gasteiger partial charge < -0.3 is 14.5 Å². The number of fused-ring (bicyclic) bond motifs is 4. The first-order chi connectivity index (χ1) is 26.0. The SMILES string of the molecule is CC1(C)c2ccccc2N(c2ccc(-c3nc(-c4ccccc4)n(-c4ccc(N5c6ccccc6Oc6ccccc65)cc4)n3)cc2)c2ccccc21. The molecule has 53 heavy (non-hydrogen) atoms. The topological polar surface area (TPSA) is 46.4 Å². The molecule has 8 aromatic rings. The summed E-state index contributed by atoms with van der Waals surface area (Å²) in [6.45, 7) is 4.62. The smallest absolute Gasteiger partial charge is 0.182 e. The molecule has 2 aliphatic rings. The summed E-state index contributed by atoms with van der Waals surface area (Å²) in [5.74, 6) is 3.09. The molecule has 6 nitrogen and oxygen atoms in total. The van der Waals surface area contributed by atoms with Gasteiger partial charge in [-0.25, -0.2) is 9.67 Å². The zero-order chi connectivity index (χ0) is 35.5. The van der Waals surface area contributed by atoms with E-state index in [9.17, 15) is 0 Å². The van der Waals surface area contributed by atoms with Crippen LogP contribution in [0.4, 0.5) is 34.1 Å². The van der Waals surface area contributed by atoms with Crippen molar-refractivity contribution in [3.8, 4) is 40.0 Å². The lowest BCUT2D eigenvalue weighted by Crippen LogP contribution is -2.30. The molecule has 0 aliphatic carbocycles. The molecule has 0 N–H and O–H groups in total. The van der Waals surface area contributed by atoms with Crippen molar-refractivity contribution in [2.75, 3.05) is 9.80 Å². The fourth-order valence-electron chi connectivity index (χ4n) is 7.82. The normalized spacial score (nSPS) is 13.7. The summed E-state index contributed by atoms with van der Waals surface area (Å²) in [4.78, 5) is 9.75. The van der Waals surface area contributed by atoms with Crippen molar-refractivity contribution in [3.63, 3.8) is 0 Å². The van der Waals surface area contributed by atoms with Gasteiger partial charge in [0.15, 0.2) is 23.1 Å². The van der Waals surface area contributed by atoms with E-state index in [4.69, 9.17) is 14.8 Å². The van der Waals surface area contributed by atoms with E-state index in [2.05, 4.69) is 145 Å². The number of hydrogen-bond acceptors (Lipinski definition) is 5. The average molecular weight is 686 g/mol. The van der Waals surface area contributed by atoms with Crippen molar-refractivity contribution in [2.24, 2.45) is 0 Å². The summed E-state index contributed by atoms with van der Waals surface area (Å²) in [7, 11) is 0. The highest BCUT2D eigenvalue weighted by molar-refractivity contribution is 5.87. The third kappa shape index (κ3) is 5.02. The third-order valence-electron chi connectivity index (χ3n) is 10.4. The summed E-state index contributed by atoms with van der Waals surface area (Å²) in [5.41, 5.74) is 11.9. The number of ether oxygens (including phenoxy) is 1. The minimum atomic E-state index is -0.108. The van der Waals surface area contributed by atoms with Crippen LogP contribution in [0, 0.1) is 0 Å². The largest absolute Gasteiger partial charge is 0.453 e. The zero-order valence-corrected chi connectivity index (χ0v) is 29.4. The Kier molecular flexibility index (Phi) is 7.05. The van der Waals surface area contributed by atoms with E-state index in [1.54, 1.807) is 0 Å². The number of rotatable bonds is 5. The van der Waals surface area contributed by atoms with Crippen molar-refractivity contribution in [2.45, 2.75) is 19.3 Å². The highest BCUT2D eigenvalue weighted by Gasteiger charge is 2.36. The van der Waals surface area contributed by atoms with Crippen LogP contribution in [0.15, 0.2) is 176 Å². The first kappa shape index (κ1) is 30.9. The van der Waals surface area contributed by atoms with Gasteiger partial charge in [0, 0.05) is 27.9 Å². The van der Waals surface area contributed by atoms with Crippen LogP contribution in [0.25, 0.3) is 28.5 Å². The predicted molar refractivity (Wildman–Crippen MR) is 214 cm³/mol. The predicted octanol–water partition coefficient (Wildman–Crippen LogP) is 12.3. The van der Waals surface area contributed by atoms with Crippen LogP contribution in [0.3, 0.4) is 0 Å². The number of benzene rings is 7. The van der Waals surface area contributed by atoms with Crippen LogP contribution in [0.2, 0.25) is 0 Å². The van der Waals surface area contributed by atoms with E-state index in [1.807, 2.05) is 59.3 Å². The number of hydrogen-bond donors (Lipinski definition) is 0. The average Bonchev–Trinajstić information content (AvgIpc) is 3.67. The molecule has 10 rings (SSSR count). The van der Waals surface area contributed by atoms with Gasteiger partial charge in [0.25, 0.3) is 0 Å². The van der Waals surface area contributed by atoms with Gasteiger partial charge >= 0.3 is 0 Å². The quantitative estimate of drug-likeness (QED) is 0.180. The summed E-state index contributed by atoms with van der Waals surface area (Å²) in [6, 6.07) is 61.1. The van der Waals surface area contributed by atoms with E-state index in [0.29, 0.717) is 5.82 Å². The molecule has 0 amide bonds. The van der Waals surface area contributed by atoms with Crippen molar-refractivity contribution in [3.05, 3.63) is 187 Å². The molecule has 1 aromatic heterocycles. The monoisotopic (exact) mass is 685 g/mol. The molecule has 7 aromatic carbocycles. The van der Waals surface area contributed by atoms with Crippen LogP contribution >= 0.6 is 0 Å². The van der Waals surface area contributed by atoms with Gasteiger partial charge in [-0.3, -0.25) is 0 Å². The molecule has 0 spiro atoms. The third-order valence-corrected chi connectivity index (χ3v) is 10.4. The maximum Gasteiger partial charge on any atom is 0.182 e. The molecule has 0 saturated heterocycles. The summed E-state index contributed by atoms with van der Waals surface area (Å²) < 4.78 is 8.19. The molecule has 0 atom stereocenters. The molecule has 254 valence electrons. The standard InChI is InChI=1S/C47H35N5O/c1-47(2)37-16-6-8-18-39(37)50(40-19-9-7-17-38(40)47)34-26-24-32(25-27-34)45-48-46(33-14-4-3-5-15-33)52(49-45)36-30-28-35(29-31-36)51-41-20-10-12-22-43(41)53-44-23-13-11-21-42(44)51/h3-31H,1-2H3. The second-order valence-electron chi connectivity index (χ2n) is 14.0. The van der Waals surface area contributed by atoms with Gasteiger partial charge in [-0.2, -0.15) is 0 Å². The number of anilines is 6. The number of para-hydroxylation sites is 6. The van der Waals surface area contributed by atoms with Crippen LogP contribution in [0.1, 0.15) is 25.0 Å². The fraction of sp³-hybridized carbons (Fsp3) is 0.0638. The van der Waals surface area contributed by atoms with E-state index >= 15 is 0 Å². The molecule has 0 bridgehead atoms. The molecule has 2 aliphatic heterocycles. The maximum atomic E-state index is 6.25. The summed E-state index contributed by atoms with van der Waals surface area (Å²) in [5, 5.41) is 5.13. The lowest BCUT2D eigenvalue weighted by molar-refractivity contribution is 0.477. The fourth-order valence-corrected chi connectivity index (χ4v) is 7.82. The van der Waals surface area contributed by atoms with Crippen molar-refractivity contribution < 1.29 is 4.74 Å². The molecule has 0 unspecified atom stereocenters. The second-order valence-corrected chi connectivity index (χ2v) is 14.0. The van der Waals surface area contributed by atoms with E-state index in [-0.39, 0.29) is 5.41 Å². The molecule has 0 fully saturated rings. The molecule has 3 heterocycles. The van der Waals surface area contributed by atoms with E-state index in [1.165, 1.54) is 22.5 Å². The molecular formula is C47H35N5O. The van der Waals surface area contributed by atoms with Gasteiger partial charge in [-0.05, 0) is 96.1 Å². The minimum Gasteiger partial charge on any atom is -0.453 e.